The lowest BCUT2D eigenvalue weighted by Crippen LogP contribution is -2.49. The summed E-state index contributed by atoms with van der Waals surface area (Å²) < 4.78 is 47.6. The van der Waals surface area contributed by atoms with Crippen LogP contribution >= 0.6 is 0 Å². The quantitative estimate of drug-likeness (QED) is 0.279. The first-order chi connectivity index (χ1) is 23.4. The van der Waals surface area contributed by atoms with Gasteiger partial charge in [0.15, 0.2) is 0 Å². The maximum Gasteiger partial charge on any atom is 0.406 e. The van der Waals surface area contributed by atoms with E-state index in [2.05, 4.69) is 32.4 Å². The summed E-state index contributed by atoms with van der Waals surface area (Å²) >= 11 is 0. The predicted molar refractivity (Wildman–Crippen MR) is 185 cm³/mol. The number of carbonyl (C=O) groups is 1. The van der Waals surface area contributed by atoms with Crippen LogP contribution in [0.1, 0.15) is 62.9 Å². The average molecular weight is 680 g/mol. The predicted octanol–water partition coefficient (Wildman–Crippen LogP) is 4.84. The lowest BCUT2D eigenvalue weighted by Gasteiger charge is -2.39. The van der Waals surface area contributed by atoms with Crippen LogP contribution in [0.15, 0.2) is 42.6 Å². The van der Waals surface area contributed by atoms with E-state index in [1.54, 1.807) is 18.3 Å². The fourth-order valence-electron chi connectivity index (χ4n) is 7.16. The molecule has 9 nitrogen and oxygen atoms in total. The number of fused-ring (bicyclic) bond motifs is 1. The van der Waals surface area contributed by atoms with Crippen molar-refractivity contribution in [1.82, 2.24) is 24.7 Å². The van der Waals surface area contributed by atoms with E-state index in [1.807, 2.05) is 43.0 Å². The van der Waals surface area contributed by atoms with Gasteiger partial charge in [0.05, 0.1) is 48.5 Å². The van der Waals surface area contributed by atoms with E-state index >= 15 is 0 Å². The number of hydrogen-bond acceptors (Lipinski definition) is 7. The van der Waals surface area contributed by atoms with Gasteiger partial charge in [0, 0.05) is 43.2 Å². The van der Waals surface area contributed by atoms with Crippen LogP contribution in [0.2, 0.25) is 0 Å². The number of alkyl halides is 3. The van der Waals surface area contributed by atoms with Gasteiger partial charge in [0.2, 0.25) is 5.91 Å². The molecule has 4 N–H and O–H groups in total. The molecule has 0 bridgehead atoms. The first kappa shape index (κ1) is 35.2. The summed E-state index contributed by atoms with van der Waals surface area (Å²) in [6.45, 7) is 9.08. The van der Waals surface area contributed by atoms with Gasteiger partial charge in [0.1, 0.15) is 6.54 Å². The number of anilines is 1. The standard InChI is InChI=1S/C37H48F3N7O2/c1-35(2,41)33-8-6-30(23-44-33)42-14-3-4-31-21-28-20-27(5-7-32(28)47(31)25-37(38,39)40)22-43-29-9-15-46(16-10-29)34(48)24-45-17-11-36(12-18-45)13-19-49-26-36/h5-8,20-21,23,29,42-43H,9-19,22,24-26,41H2,1-2H3. The Morgan fingerprint density at radius 3 is 2.51 bits per heavy atom. The lowest BCUT2D eigenvalue weighted by atomic mass is 9.78. The number of ether oxygens (including phenoxy) is 1. The third kappa shape index (κ3) is 9.14. The van der Waals surface area contributed by atoms with Crippen molar-refractivity contribution in [2.75, 3.05) is 57.8 Å². The third-order valence-electron chi connectivity index (χ3n) is 10.2. The maximum atomic E-state index is 13.6. The molecule has 1 aromatic carbocycles. The Hall–Kier alpha value is -3.63. The van der Waals surface area contributed by atoms with Gasteiger partial charge in [0.25, 0.3) is 0 Å². The van der Waals surface area contributed by atoms with Crippen molar-refractivity contribution in [2.24, 2.45) is 11.1 Å². The highest BCUT2D eigenvalue weighted by Crippen LogP contribution is 2.39. The van der Waals surface area contributed by atoms with E-state index in [1.165, 1.54) is 4.57 Å². The minimum absolute atomic E-state index is 0.211. The highest BCUT2D eigenvalue weighted by Gasteiger charge is 2.38. The molecule has 3 aliphatic heterocycles. The Kier molecular flexibility index (Phi) is 10.6. The molecule has 12 heteroatoms. The largest absolute Gasteiger partial charge is 0.406 e. The number of nitrogens with one attached hydrogen (secondary N) is 2. The zero-order chi connectivity index (χ0) is 34.6. The number of benzene rings is 1. The van der Waals surface area contributed by atoms with E-state index in [-0.39, 0.29) is 18.5 Å². The molecule has 0 saturated carbocycles. The molecule has 2 aromatic heterocycles. The van der Waals surface area contributed by atoms with E-state index in [0.717, 1.165) is 93.8 Å². The molecule has 0 unspecified atom stereocenters. The first-order valence-electron chi connectivity index (χ1n) is 17.3. The second kappa shape index (κ2) is 14.7. The normalized spacial score (nSPS) is 18.9. The monoisotopic (exact) mass is 679 g/mol. The Morgan fingerprint density at radius 1 is 1.08 bits per heavy atom. The van der Waals surface area contributed by atoms with Gasteiger partial charge in [-0.05, 0) is 106 Å². The molecule has 3 saturated heterocycles. The number of piperidine rings is 2. The Labute approximate surface area is 286 Å². The maximum absolute atomic E-state index is 13.6. The van der Waals surface area contributed by atoms with Crippen LogP contribution in [0.4, 0.5) is 18.9 Å². The Bertz CT molecular complexity index is 1650. The zero-order valence-corrected chi connectivity index (χ0v) is 28.5. The van der Waals surface area contributed by atoms with Gasteiger partial charge >= 0.3 is 6.18 Å². The van der Waals surface area contributed by atoms with Gasteiger partial charge < -0.3 is 30.6 Å². The smallest absolute Gasteiger partial charge is 0.381 e. The van der Waals surface area contributed by atoms with E-state index in [0.29, 0.717) is 29.7 Å². The fourth-order valence-corrected chi connectivity index (χ4v) is 7.16. The fraction of sp³-hybridized carbons (Fsp3) is 0.568. The minimum Gasteiger partial charge on any atom is -0.381 e. The molecule has 0 atom stereocenters. The number of hydrogen-bond donors (Lipinski definition) is 3. The van der Waals surface area contributed by atoms with E-state index < -0.39 is 18.3 Å². The van der Waals surface area contributed by atoms with E-state index in [4.69, 9.17) is 10.5 Å². The summed E-state index contributed by atoms with van der Waals surface area (Å²) in [7, 11) is 0. The Balaban J connectivity index is 1.01. The molecule has 5 heterocycles. The van der Waals surface area contributed by atoms with Crippen molar-refractivity contribution in [3.05, 3.63) is 59.5 Å². The zero-order valence-electron chi connectivity index (χ0n) is 28.5. The van der Waals surface area contributed by atoms with Crippen LogP contribution in [0, 0.1) is 17.3 Å². The summed E-state index contributed by atoms with van der Waals surface area (Å²) in [5, 5.41) is 7.47. The molecule has 1 spiro atoms. The van der Waals surface area contributed by atoms with Crippen LogP contribution < -0.4 is 16.4 Å². The van der Waals surface area contributed by atoms with Gasteiger partial charge in [-0.25, -0.2) is 0 Å². The minimum atomic E-state index is -4.39. The second-order valence-electron chi connectivity index (χ2n) is 14.5. The molecule has 0 radical (unpaired) electrons. The Morgan fingerprint density at radius 2 is 1.86 bits per heavy atom. The highest BCUT2D eigenvalue weighted by molar-refractivity contribution is 5.83. The summed E-state index contributed by atoms with van der Waals surface area (Å²) in [6.07, 6.45) is 2.39. The second-order valence-corrected chi connectivity index (χ2v) is 14.5. The van der Waals surface area contributed by atoms with E-state index in [9.17, 15) is 18.0 Å². The molecular weight excluding hydrogens is 631 g/mol. The molecular formula is C37H48F3N7O2. The third-order valence-corrected chi connectivity index (χ3v) is 10.2. The van der Waals surface area contributed by atoms with Crippen LogP contribution in [-0.4, -0.2) is 90.0 Å². The molecule has 3 aliphatic rings. The first-order valence-corrected chi connectivity index (χ1v) is 17.3. The number of likely N-dealkylation sites (tertiary alicyclic amines) is 2. The molecule has 3 aromatic rings. The number of aromatic nitrogens is 2. The van der Waals surface area contributed by atoms with Crippen LogP contribution in [-0.2, 0) is 28.2 Å². The van der Waals surface area contributed by atoms with Crippen molar-refractivity contribution >= 4 is 22.5 Å². The molecule has 1 amide bonds. The summed E-state index contributed by atoms with van der Waals surface area (Å²) in [6, 6.07) is 11.2. The van der Waals surface area contributed by atoms with Gasteiger partial charge in [-0.15, -0.1) is 0 Å². The number of rotatable bonds is 9. The molecule has 264 valence electrons. The summed E-state index contributed by atoms with van der Waals surface area (Å²) in [5.41, 5.74) is 9.17. The van der Waals surface area contributed by atoms with Crippen LogP contribution in [0.3, 0.4) is 0 Å². The van der Waals surface area contributed by atoms with Crippen molar-refractivity contribution in [3.63, 3.8) is 0 Å². The van der Waals surface area contributed by atoms with Crippen molar-refractivity contribution in [2.45, 2.75) is 76.8 Å². The number of nitrogens with zero attached hydrogens (tertiary/aromatic N) is 4. The number of carbonyl (C=O) groups excluding carboxylic acids is 1. The molecule has 6 rings (SSSR count). The SMILES string of the molecule is CC(C)(N)c1ccc(NCC#Cc2cc3cc(CNC4CCN(C(=O)CN5CCC6(CCOC6)CC5)CC4)ccc3n2CC(F)(F)F)cn1. The molecule has 3 fully saturated rings. The molecule has 49 heavy (non-hydrogen) atoms. The number of halogens is 3. The van der Waals surface area contributed by atoms with Gasteiger partial charge in [-0.1, -0.05) is 12.0 Å². The van der Waals surface area contributed by atoms with Gasteiger partial charge in [-0.2, -0.15) is 13.2 Å². The summed E-state index contributed by atoms with van der Waals surface area (Å²) in [4.78, 5) is 21.7. The molecule has 0 aliphatic carbocycles. The van der Waals surface area contributed by atoms with Crippen molar-refractivity contribution in [1.29, 1.82) is 0 Å². The van der Waals surface area contributed by atoms with Crippen molar-refractivity contribution < 1.29 is 22.7 Å². The highest BCUT2D eigenvalue weighted by atomic mass is 19.4. The lowest BCUT2D eigenvalue weighted by molar-refractivity contribution is -0.140. The van der Waals surface area contributed by atoms with Gasteiger partial charge in [-0.3, -0.25) is 14.7 Å². The number of amides is 1. The van der Waals surface area contributed by atoms with Crippen molar-refractivity contribution in [3.8, 4) is 11.8 Å². The van der Waals surface area contributed by atoms with Crippen LogP contribution in [0.25, 0.3) is 10.9 Å². The topological polar surface area (TPSA) is 101 Å². The van der Waals surface area contributed by atoms with Crippen LogP contribution in [0.5, 0.6) is 0 Å². The number of pyridine rings is 1. The number of nitrogens with two attached hydrogens (primary N) is 1. The average Bonchev–Trinajstić information content (AvgIpc) is 3.66. The summed E-state index contributed by atoms with van der Waals surface area (Å²) in [5.74, 6) is 6.11.